The van der Waals surface area contributed by atoms with Crippen LogP contribution in [0.25, 0.3) is 0 Å². The molecule has 2 N–H and O–H groups in total. The van der Waals surface area contributed by atoms with Gasteiger partial charge in [0.15, 0.2) is 0 Å². The van der Waals surface area contributed by atoms with Gasteiger partial charge in [-0.05, 0) is 38.5 Å². The second-order valence-corrected chi connectivity index (χ2v) is 4.78. The van der Waals surface area contributed by atoms with Crippen LogP contribution in [-0.2, 0) is 6.54 Å². The molecular weight excluding hydrogens is 254 g/mol. The number of hydrogen-bond donors (Lipinski definition) is 2. The Hall–Kier alpha value is -2.30. The van der Waals surface area contributed by atoms with Gasteiger partial charge in [0.1, 0.15) is 5.76 Å². The molecule has 1 heterocycles. The summed E-state index contributed by atoms with van der Waals surface area (Å²) in [6, 6.07) is 5.69. The summed E-state index contributed by atoms with van der Waals surface area (Å²) in [6.45, 7) is 6.11. The summed E-state index contributed by atoms with van der Waals surface area (Å²) in [4.78, 5) is 12.3. The van der Waals surface area contributed by atoms with Crippen molar-refractivity contribution in [3.63, 3.8) is 0 Å². The van der Waals surface area contributed by atoms with Crippen LogP contribution >= 0.6 is 0 Å². The molecule has 0 atom stereocenters. The number of benzene rings is 1. The predicted octanol–water partition coefficient (Wildman–Crippen LogP) is 2.57. The Morgan fingerprint density at radius 1 is 1.30 bits per heavy atom. The van der Waals surface area contributed by atoms with Crippen molar-refractivity contribution >= 4 is 11.6 Å². The lowest BCUT2D eigenvalue weighted by Gasteiger charge is -2.10. The van der Waals surface area contributed by atoms with Gasteiger partial charge < -0.3 is 15.2 Å². The molecule has 0 saturated heterocycles. The molecule has 0 saturated carbocycles. The van der Waals surface area contributed by atoms with Crippen molar-refractivity contribution in [3.8, 4) is 0 Å². The summed E-state index contributed by atoms with van der Waals surface area (Å²) < 4.78 is 5.08. The third-order valence-corrected chi connectivity index (χ3v) is 3.30. The highest BCUT2D eigenvalue weighted by molar-refractivity contribution is 5.99. The third-order valence-electron chi connectivity index (χ3n) is 3.30. The number of rotatable bonds is 4. The first-order chi connectivity index (χ1) is 9.52. The maximum absolute atomic E-state index is 12.3. The van der Waals surface area contributed by atoms with E-state index in [2.05, 4.69) is 15.8 Å². The van der Waals surface area contributed by atoms with Crippen LogP contribution in [0.15, 0.2) is 22.7 Å². The number of aromatic nitrogens is 1. The van der Waals surface area contributed by atoms with E-state index in [1.807, 2.05) is 39.0 Å². The topological polar surface area (TPSA) is 67.2 Å². The molecule has 106 valence electrons. The molecule has 0 spiro atoms. The zero-order valence-corrected chi connectivity index (χ0v) is 12.2. The van der Waals surface area contributed by atoms with Crippen LogP contribution in [0.3, 0.4) is 0 Å². The van der Waals surface area contributed by atoms with Gasteiger partial charge in [-0.25, -0.2) is 0 Å². The fourth-order valence-electron chi connectivity index (χ4n) is 2.08. The molecule has 0 fully saturated rings. The normalized spacial score (nSPS) is 10.4. The minimum atomic E-state index is -0.116. The summed E-state index contributed by atoms with van der Waals surface area (Å²) in [6.07, 6.45) is 0. The second kappa shape index (κ2) is 5.77. The van der Waals surface area contributed by atoms with Crippen LogP contribution in [0.1, 0.15) is 32.9 Å². The van der Waals surface area contributed by atoms with Crippen molar-refractivity contribution in [2.24, 2.45) is 0 Å². The predicted molar refractivity (Wildman–Crippen MR) is 77.9 cm³/mol. The van der Waals surface area contributed by atoms with Crippen molar-refractivity contribution in [2.45, 2.75) is 27.3 Å². The molecule has 0 aliphatic carbocycles. The van der Waals surface area contributed by atoms with Gasteiger partial charge in [0.2, 0.25) is 0 Å². The van der Waals surface area contributed by atoms with Gasteiger partial charge in [0.25, 0.3) is 5.91 Å². The van der Waals surface area contributed by atoms with Gasteiger partial charge >= 0.3 is 0 Å². The number of anilines is 1. The summed E-state index contributed by atoms with van der Waals surface area (Å²) in [5, 5.41) is 9.81. The lowest BCUT2D eigenvalue weighted by molar-refractivity contribution is 0.0951. The first-order valence-electron chi connectivity index (χ1n) is 6.51. The van der Waals surface area contributed by atoms with Gasteiger partial charge in [-0.3, -0.25) is 4.79 Å². The standard InChI is InChI=1S/C15H19N3O2/c1-9-5-6-12(14(7-9)16-4)15(19)17-8-13-10(2)18-20-11(13)3/h5-7,16H,8H2,1-4H3,(H,17,19). The van der Waals surface area contributed by atoms with E-state index in [1.165, 1.54) is 0 Å². The summed E-state index contributed by atoms with van der Waals surface area (Å²) in [5.74, 6) is 0.620. The summed E-state index contributed by atoms with van der Waals surface area (Å²) in [7, 11) is 1.81. The molecule has 0 radical (unpaired) electrons. The van der Waals surface area contributed by atoms with E-state index in [0.29, 0.717) is 12.1 Å². The van der Waals surface area contributed by atoms with E-state index in [4.69, 9.17) is 4.52 Å². The van der Waals surface area contributed by atoms with Crippen LogP contribution < -0.4 is 10.6 Å². The average Bonchev–Trinajstić information content (AvgIpc) is 2.75. The Balaban J connectivity index is 2.13. The molecule has 1 amide bonds. The molecule has 5 nitrogen and oxygen atoms in total. The first-order valence-corrected chi connectivity index (χ1v) is 6.51. The average molecular weight is 273 g/mol. The molecule has 1 aromatic carbocycles. The van der Waals surface area contributed by atoms with E-state index in [-0.39, 0.29) is 5.91 Å². The fraction of sp³-hybridized carbons (Fsp3) is 0.333. The smallest absolute Gasteiger partial charge is 0.253 e. The fourth-order valence-corrected chi connectivity index (χ4v) is 2.08. The second-order valence-electron chi connectivity index (χ2n) is 4.78. The van der Waals surface area contributed by atoms with Crippen molar-refractivity contribution in [3.05, 3.63) is 46.3 Å². The number of carbonyl (C=O) groups excluding carboxylic acids is 1. The highest BCUT2D eigenvalue weighted by Crippen LogP contribution is 2.17. The lowest BCUT2D eigenvalue weighted by atomic mass is 10.1. The Labute approximate surface area is 118 Å². The van der Waals surface area contributed by atoms with Crippen LogP contribution in [0.5, 0.6) is 0 Å². The maximum Gasteiger partial charge on any atom is 0.253 e. The van der Waals surface area contributed by atoms with Crippen molar-refractivity contribution in [1.29, 1.82) is 0 Å². The number of nitrogens with zero attached hydrogens (tertiary/aromatic N) is 1. The maximum atomic E-state index is 12.3. The number of nitrogens with one attached hydrogen (secondary N) is 2. The Bertz CT molecular complexity index is 613. The largest absolute Gasteiger partial charge is 0.387 e. The van der Waals surface area contributed by atoms with Crippen LogP contribution in [0.4, 0.5) is 5.69 Å². The van der Waals surface area contributed by atoms with Crippen molar-refractivity contribution < 1.29 is 9.32 Å². The van der Waals surface area contributed by atoms with Gasteiger partial charge in [-0.2, -0.15) is 0 Å². The Morgan fingerprint density at radius 3 is 2.65 bits per heavy atom. The highest BCUT2D eigenvalue weighted by atomic mass is 16.5. The summed E-state index contributed by atoms with van der Waals surface area (Å²) >= 11 is 0. The molecular formula is C15H19N3O2. The number of hydrogen-bond acceptors (Lipinski definition) is 4. The molecule has 0 bridgehead atoms. The van der Waals surface area contributed by atoms with E-state index in [0.717, 1.165) is 28.3 Å². The number of carbonyl (C=O) groups is 1. The monoisotopic (exact) mass is 273 g/mol. The van der Waals surface area contributed by atoms with E-state index in [1.54, 1.807) is 7.05 Å². The highest BCUT2D eigenvalue weighted by Gasteiger charge is 2.13. The Kier molecular flexibility index (Phi) is 4.08. The molecule has 1 aromatic heterocycles. The minimum Gasteiger partial charge on any atom is -0.387 e. The van der Waals surface area contributed by atoms with Gasteiger partial charge in [0.05, 0.1) is 11.3 Å². The molecule has 2 rings (SSSR count). The summed E-state index contributed by atoms with van der Waals surface area (Å²) in [5.41, 5.74) is 4.29. The van der Waals surface area contributed by atoms with E-state index < -0.39 is 0 Å². The van der Waals surface area contributed by atoms with Crippen LogP contribution in [0, 0.1) is 20.8 Å². The first kappa shape index (κ1) is 14.1. The minimum absolute atomic E-state index is 0.116. The van der Waals surface area contributed by atoms with E-state index >= 15 is 0 Å². The van der Waals surface area contributed by atoms with Crippen molar-refractivity contribution in [2.75, 3.05) is 12.4 Å². The Morgan fingerprint density at radius 2 is 2.05 bits per heavy atom. The molecule has 2 aromatic rings. The quantitative estimate of drug-likeness (QED) is 0.898. The zero-order chi connectivity index (χ0) is 14.7. The van der Waals surface area contributed by atoms with E-state index in [9.17, 15) is 4.79 Å². The third kappa shape index (κ3) is 2.82. The van der Waals surface area contributed by atoms with Crippen LogP contribution in [-0.4, -0.2) is 18.1 Å². The molecule has 0 aliphatic heterocycles. The number of amides is 1. The van der Waals surface area contributed by atoms with Gasteiger partial charge in [0, 0.05) is 24.8 Å². The number of aryl methyl sites for hydroxylation is 3. The molecule has 5 heteroatoms. The van der Waals surface area contributed by atoms with Crippen molar-refractivity contribution in [1.82, 2.24) is 10.5 Å². The molecule has 0 aliphatic rings. The lowest BCUT2D eigenvalue weighted by Crippen LogP contribution is -2.24. The van der Waals surface area contributed by atoms with Crippen LogP contribution in [0.2, 0.25) is 0 Å². The zero-order valence-electron chi connectivity index (χ0n) is 12.2. The SMILES string of the molecule is CNc1cc(C)ccc1C(=O)NCc1c(C)noc1C. The van der Waals surface area contributed by atoms with Gasteiger partial charge in [-0.15, -0.1) is 0 Å². The van der Waals surface area contributed by atoms with Gasteiger partial charge in [-0.1, -0.05) is 11.2 Å². The molecule has 0 unspecified atom stereocenters. The molecule has 20 heavy (non-hydrogen) atoms.